The lowest BCUT2D eigenvalue weighted by atomic mass is 10.2. The summed E-state index contributed by atoms with van der Waals surface area (Å²) in [5.41, 5.74) is 0.883. The van der Waals surface area contributed by atoms with Gasteiger partial charge in [0, 0.05) is 6.04 Å². The molecule has 1 aliphatic rings. The Bertz CT molecular complexity index is 559. The fourth-order valence-corrected chi connectivity index (χ4v) is 2.35. The van der Waals surface area contributed by atoms with E-state index in [0.717, 1.165) is 5.82 Å². The first-order valence-corrected chi connectivity index (χ1v) is 6.73. The van der Waals surface area contributed by atoms with Crippen LogP contribution in [0.5, 0.6) is 0 Å². The van der Waals surface area contributed by atoms with Crippen molar-refractivity contribution in [1.29, 1.82) is 0 Å². The van der Waals surface area contributed by atoms with Gasteiger partial charge in [0.2, 0.25) is 0 Å². The van der Waals surface area contributed by atoms with Crippen molar-refractivity contribution in [3.63, 3.8) is 0 Å². The maximum absolute atomic E-state index is 11.8. The van der Waals surface area contributed by atoms with Gasteiger partial charge < -0.3 is 15.1 Å². The van der Waals surface area contributed by atoms with Crippen LogP contribution in [0.25, 0.3) is 0 Å². The van der Waals surface area contributed by atoms with Crippen molar-refractivity contribution >= 4 is 17.4 Å². The number of anilines is 2. The van der Waals surface area contributed by atoms with Crippen molar-refractivity contribution in [2.24, 2.45) is 0 Å². The summed E-state index contributed by atoms with van der Waals surface area (Å²) in [6.07, 6.45) is 9.13. The molecule has 104 valence electrons. The second kappa shape index (κ2) is 5.73. The number of hydrogen-bond acceptors (Lipinski definition) is 5. The van der Waals surface area contributed by atoms with Gasteiger partial charge in [-0.15, -0.1) is 0 Å². The molecule has 0 unspecified atom stereocenters. The van der Waals surface area contributed by atoms with Crippen LogP contribution in [-0.4, -0.2) is 21.9 Å². The SMILES string of the molecule is O=C(Nc1ccc(NC2CCCC2)nc1)c1cocn1. The molecule has 0 bridgehead atoms. The van der Waals surface area contributed by atoms with Gasteiger partial charge in [-0.2, -0.15) is 0 Å². The summed E-state index contributed by atoms with van der Waals surface area (Å²) in [7, 11) is 0. The molecule has 3 rings (SSSR count). The highest BCUT2D eigenvalue weighted by molar-refractivity contribution is 6.02. The minimum atomic E-state index is -0.308. The topological polar surface area (TPSA) is 80.0 Å². The van der Waals surface area contributed by atoms with Crippen molar-refractivity contribution in [3.05, 3.63) is 36.7 Å². The maximum atomic E-state index is 11.8. The average Bonchev–Trinajstić information content (AvgIpc) is 3.13. The van der Waals surface area contributed by atoms with Gasteiger partial charge in [-0.1, -0.05) is 12.8 Å². The summed E-state index contributed by atoms with van der Waals surface area (Å²) in [6, 6.07) is 4.22. The minimum absolute atomic E-state index is 0.248. The predicted molar refractivity (Wildman–Crippen MR) is 74.6 cm³/mol. The van der Waals surface area contributed by atoms with Crippen molar-refractivity contribution in [3.8, 4) is 0 Å². The molecule has 0 radical (unpaired) electrons. The molecule has 6 nitrogen and oxygen atoms in total. The number of amides is 1. The molecule has 1 saturated carbocycles. The first-order chi connectivity index (χ1) is 9.81. The zero-order valence-corrected chi connectivity index (χ0v) is 11.0. The molecule has 0 aliphatic heterocycles. The van der Waals surface area contributed by atoms with E-state index in [-0.39, 0.29) is 11.6 Å². The van der Waals surface area contributed by atoms with Crippen LogP contribution < -0.4 is 10.6 Å². The van der Waals surface area contributed by atoms with Gasteiger partial charge in [-0.05, 0) is 25.0 Å². The van der Waals surface area contributed by atoms with Gasteiger partial charge in [0.25, 0.3) is 5.91 Å². The molecule has 0 spiro atoms. The Morgan fingerprint density at radius 1 is 1.25 bits per heavy atom. The van der Waals surface area contributed by atoms with Crippen LogP contribution in [0.15, 0.2) is 35.4 Å². The van der Waals surface area contributed by atoms with Crippen molar-refractivity contribution < 1.29 is 9.21 Å². The molecule has 1 aliphatic carbocycles. The van der Waals surface area contributed by atoms with Crippen molar-refractivity contribution in [2.45, 2.75) is 31.7 Å². The Balaban J connectivity index is 1.59. The zero-order chi connectivity index (χ0) is 13.8. The normalized spacial score (nSPS) is 15.2. The number of rotatable bonds is 4. The number of carbonyl (C=O) groups excluding carboxylic acids is 1. The summed E-state index contributed by atoms with van der Waals surface area (Å²) in [5.74, 6) is 0.536. The van der Waals surface area contributed by atoms with E-state index in [1.165, 1.54) is 38.3 Å². The Hall–Kier alpha value is -2.37. The molecular weight excluding hydrogens is 256 g/mol. The van der Waals surface area contributed by atoms with E-state index in [1.54, 1.807) is 6.20 Å². The second-order valence-corrected chi connectivity index (χ2v) is 4.89. The lowest BCUT2D eigenvalue weighted by Crippen LogP contribution is -2.16. The summed E-state index contributed by atoms with van der Waals surface area (Å²) in [5, 5.41) is 6.11. The van der Waals surface area contributed by atoms with Crippen molar-refractivity contribution in [2.75, 3.05) is 10.6 Å². The lowest BCUT2D eigenvalue weighted by Gasteiger charge is -2.12. The monoisotopic (exact) mass is 272 g/mol. The number of carbonyl (C=O) groups is 1. The first-order valence-electron chi connectivity index (χ1n) is 6.73. The molecule has 2 aromatic rings. The van der Waals surface area contributed by atoms with Crippen LogP contribution >= 0.6 is 0 Å². The summed E-state index contributed by atoms with van der Waals surface area (Å²) >= 11 is 0. The first kappa shape index (κ1) is 12.7. The Morgan fingerprint density at radius 3 is 2.75 bits per heavy atom. The highest BCUT2D eigenvalue weighted by Crippen LogP contribution is 2.21. The van der Waals surface area contributed by atoms with E-state index in [0.29, 0.717) is 11.7 Å². The van der Waals surface area contributed by atoms with E-state index in [4.69, 9.17) is 4.42 Å². The zero-order valence-electron chi connectivity index (χ0n) is 11.0. The standard InChI is InChI=1S/C14H16N4O2/c19-14(12-8-20-9-16-12)18-11-5-6-13(15-7-11)17-10-3-1-2-4-10/h5-10H,1-4H2,(H,15,17)(H,18,19). The number of oxazole rings is 1. The molecule has 20 heavy (non-hydrogen) atoms. The Morgan fingerprint density at radius 2 is 2.10 bits per heavy atom. The maximum Gasteiger partial charge on any atom is 0.277 e. The molecular formula is C14H16N4O2. The van der Waals surface area contributed by atoms with Crippen molar-refractivity contribution in [1.82, 2.24) is 9.97 Å². The molecule has 6 heteroatoms. The van der Waals surface area contributed by atoms with E-state index in [9.17, 15) is 4.79 Å². The summed E-state index contributed by atoms with van der Waals surface area (Å²) < 4.78 is 4.77. The quantitative estimate of drug-likeness (QED) is 0.894. The molecule has 0 saturated heterocycles. The van der Waals surface area contributed by atoms with Gasteiger partial charge in [0.1, 0.15) is 12.1 Å². The lowest BCUT2D eigenvalue weighted by molar-refractivity contribution is 0.102. The van der Waals surface area contributed by atoms with Crippen LogP contribution in [0.3, 0.4) is 0 Å². The minimum Gasteiger partial charge on any atom is -0.451 e. The molecule has 0 atom stereocenters. The molecule has 2 N–H and O–H groups in total. The van der Waals surface area contributed by atoms with Gasteiger partial charge in [0.05, 0.1) is 11.9 Å². The molecule has 0 aromatic carbocycles. The van der Waals surface area contributed by atoms with Crippen LogP contribution in [-0.2, 0) is 0 Å². The third-order valence-electron chi connectivity index (χ3n) is 3.39. The summed E-state index contributed by atoms with van der Waals surface area (Å²) in [4.78, 5) is 19.9. The Labute approximate surface area is 116 Å². The third-order valence-corrected chi connectivity index (χ3v) is 3.39. The molecule has 1 amide bonds. The average molecular weight is 272 g/mol. The fourth-order valence-electron chi connectivity index (χ4n) is 2.35. The number of pyridine rings is 1. The van der Waals surface area contributed by atoms with Crippen LogP contribution in [0.2, 0.25) is 0 Å². The van der Waals surface area contributed by atoms with Crippen LogP contribution in [0, 0.1) is 0 Å². The van der Waals surface area contributed by atoms with Gasteiger partial charge in [-0.3, -0.25) is 4.79 Å². The fraction of sp³-hybridized carbons (Fsp3) is 0.357. The predicted octanol–water partition coefficient (Wildman–Crippen LogP) is 2.68. The molecule has 1 fully saturated rings. The number of hydrogen-bond donors (Lipinski definition) is 2. The highest BCUT2D eigenvalue weighted by Gasteiger charge is 2.15. The number of nitrogens with one attached hydrogen (secondary N) is 2. The largest absolute Gasteiger partial charge is 0.451 e. The number of aromatic nitrogens is 2. The molecule has 2 aromatic heterocycles. The van der Waals surface area contributed by atoms with Gasteiger partial charge in [-0.25, -0.2) is 9.97 Å². The summed E-state index contributed by atoms with van der Waals surface area (Å²) in [6.45, 7) is 0. The van der Waals surface area contributed by atoms with E-state index < -0.39 is 0 Å². The third kappa shape index (κ3) is 2.96. The number of nitrogens with zero attached hydrogens (tertiary/aromatic N) is 2. The Kier molecular flexibility index (Phi) is 3.62. The van der Waals surface area contributed by atoms with Gasteiger partial charge >= 0.3 is 0 Å². The molecule has 2 heterocycles. The van der Waals surface area contributed by atoms with Crippen LogP contribution in [0.1, 0.15) is 36.2 Å². The highest BCUT2D eigenvalue weighted by atomic mass is 16.3. The van der Waals surface area contributed by atoms with E-state index in [1.807, 2.05) is 12.1 Å². The smallest absolute Gasteiger partial charge is 0.277 e. The van der Waals surface area contributed by atoms with Crippen LogP contribution in [0.4, 0.5) is 11.5 Å². The van der Waals surface area contributed by atoms with E-state index >= 15 is 0 Å². The van der Waals surface area contributed by atoms with Gasteiger partial charge in [0.15, 0.2) is 12.1 Å². The second-order valence-electron chi connectivity index (χ2n) is 4.89. The van der Waals surface area contributed by atoms with E-state index in [2.05, 4.69) is 20.6 Å².